The Morgan fingerprint density at radius 2 is 1.78 bits per heavy atom. The lowest BCUT2D eigenvalue weighted by Crippen LogP contribution is -2.31. The number of ether oxygens (including phenoxy) is 1. The molecule has 2 rings (SSSR count). The third-order valence-corrected chi connectivity index (χ3v) is 4.02. The van der Waals surface area contributed by atoms with Crippen LogP contribution in [0.3, 0.4) is 0 Å². The van der Waals surface area contributed by atoms with Gasteiger partial charge >= 0.3 is 0 Å². The van der Waals surface area contributed by atoms with Gasteiger partial charge in [-0.3, -0.25) is 9.59 Å². The van der Waals surface area contributed by atoms with Crippen LogP contribution < -0.4 is 20.7 Å². The van der Waals surface area contributed by atoms with Gasteiger partial charge in [0, 0.05) is 29.0 Å². The normalized spacial score (nSPS) is 11.4. The van der Waals surface area contributed by atoms with Gasteiger partial charge in [0.15, 0.2) is 0 Å². The number of anilines is 2. The minimum Gasteiger partial charge on any atom is -0.494 e. The van der Waals surface area contributed by atoms with E-state index in [4.69, 9.17) is 4.74 Å². The quantitative estimate of drug-likeness (QED) is 0.630. The molecule has 3 N–H and O–H groups in total. The van der Waals surface area contributed by atoms with Gasteiger partial charge in [0.2, 0.25) is 5.91 Å². The first kappa shape index (κ1) is 20.3. The van der Waals surface area contributed by atoms with Crippen molar-refractivity contribution in [3.05, 3.63) is 54.1 Å². The molecule has 0 heterocycles. The van der Waals surface area contributed by atoms with Crippen LogP contribution in [-0.4, -0.2) is 31.0 Å². The Bertz CT molecular complexity index is 760. The summed E-state index contributed by atoms with van der Waals surface area (Å²) in [6.07, 6.45) is 0.883. The van der Waals surface area contributed by atoms with Crippen LogP contribution in [0.5, 0.6) is 5.75 Å². The van der Waals surface area contributed by atoms with Crippen LogP contribution in [0.15, 0.2) is 48.5 Å². The van der Waals surface area contributed by atoms with Crippen molar-refractivity contribution < 1.29 is 14.3 Å². The van der Waals surface area contributed by atoms with Gasteiger partial charge in [-0.05, 0) is 56.7 Å². The molecule has 6 nitrogen and oxygen atoms in total. The fourth-order valence-corrected chi connectivity index (χ4v) is 2.37. The Labute approximate surface area is 160 Å². The van der Waals surface area contributed by atoms with Gasteiger partial charge in [0.05, 0.1) is 13.2 Å². The third-order valence-electron chi connectivity index (χ3n) is 4.02. The van der Waals surface area contributed by atoms with E-state index in [2.05, 4.69) is 16.0 Å². The molecule has 0 radical (unpaired) electrons. The van der Waals surface area contributed by atoms with Crippen molar-refractivity contribution in [2.45, 2.75) is 33.2 Å². The van der Waals surface area contributed by atoms with Crippen molar-refractivity contribution in [1.29, 1.82) is 0 Å². The lowest BCUT2D eigenvalue weighted by Gasteiger charge is -2.12. The zero-order valence-corrected chi connectivity index (χ0v) is 16.0. The van der Waals surface area contributed by atoms with Crippen molar-refractivity contribution in [1.82, 2.24) is 5.32 Å². The topological polar surface area (TPSA) is 79.5 Å². The molecule has 0 fully saturated rings. The second kappa shape index (κ2) is 10.2. The molecule has 0 aliphatic carbocycles. The minimum atomic E-state index is -0.165. The van der Waals surface area contributed by atoms with Gasteiger partial charge in [-0.25, -0.2) is 0 Å². The summed E-state index contributed by atoms with van der Waals surface area (Å²) in [6.45, 7) is 6.60. The van der Waals surface area contributed by atoms with E-state index in [0.29, 0.717) is 17.9 Å². The smallest absolute Gasteiger partial charge is 0.251 e. The summed E-state index contributed by atoms with van der Waals surface area (Å²) in [5, 5.41) is 8.79. The highest BCUT2D eigenvalue weighted by atomic mass is 16.5. The Hall–Kier alpha value is -3.02. The second-order valence-electron chi connectivity index (χ2n) is 6.22. The summed E-state index contributed by atoms with van der Waals surface area (Å²) in [5.74, 6) is 0.458. The molecule has 2 aromatic carbocycles. The average Bonchev–Trinajstić information content (AvgIpc) is 2.67. The lowest BCUT2D eigenvalue weighted by molar-refractivity contribution is -0.114. The third kappa shape index (κ3) is 6.66. The number of rotatable bonds is 9. The van der Waals surface area contributed by atoms with E-state index >= 15 is 0 Å². The van der Waals surface area contributed by atoms with Crippen LogP contribution in [0.1, 0.15) is 37.6 Å². The number of carbonyl (C=O) groups excluding carboxylic acids is 2. The highest BCUT2D eigenvalue weighted by molar-refractivity contribution is 5.95. The maximum atomic E-state index is 12.1. The van der Waals surface area contributed by atoms with E-state index in [9.17, 15) is 9.59 Å². The molecule has 144 valence electrons. The van der Waals surface area contributed by atoms with Crippen molar-refractivity contribution in [2.24, 2.45) is 0 Å². The molecule has 0 aliphatic rings. The summed E-state index contributed by atoms with van der Waals surface area (Å²) in [6, 6.07) is 14.5. The maximum Gasteiger partial charge on any atom is 0.251 e. The van der Waals surface area contributed by atoms with E-state index in [1.807, 2.05) is 39.0 Å². The molecule has 1 unspecified atom stereocenters. The monoisotopic (exact) mass is 369 g/mol. The number of hydrogen-bond donors (Lipinski definition) is 3. The van der Waals surface area contributed by atoms with E-state index in [0.717, 1.165) is 17.9 Å². The van der Waals surface area contributed by atoms with Gasteiger partial charge < -0.3 is 20.7 Å². The first-order valence-corrected chi connectivity index (χ1v) is 9.19. The first-order chi connectivity index (χ1) is 13.0. The number of amides is 2. The van der Waals surface area contributed by atoms with Crippen molar-refractivity contribution >= 4 is 23.2 Å². The number of nitrogens with one attached hydrogen (secondary N) is 3. The Morgan fingerprint density at radius 1 is 1.04 bits per heavy atom. The summed E-state index contributed by atoms with van der Waals surface area (Å²) < 4.78 is 5.42. The van der Waals surface area contributed by atoms with E-state index in [1.54, 1.807) is 30.3 Å². The molecular formula is C21H27N3O3. The molecule has 6 heteroatoms. The first-order valence-electron chi connectivity index (χ1n) is 9.19. The minimum absolute atomic E-state index is 0.0946. The maximum absolute atomic E-state index is 12.1. The van der Waals surface area contributed by atoms with Crippen LogP contribution in [0, 0.1) is 0 Å². The molecule has 0 aromatic heterocycles. The molecular weight excluding hydrogens is 342 g/mol. The number of hydrogen-bond acceptors (Lipinski definition) is 4. The molecule has 27 heavy (non-hydrogen) atoms. The SMILES string of the molecule is CCOc1cccc(NC(=O)CNc2ccc(C(=O)NC(C)CC)cc2)c1. The van der Waals surface area contributed by atoms with Crippen molar-refractivity contribution in [2.75, 3.05) is 23.8 Å². The van der Waals surface area contributed by atoms with Crippen LogP contribution in [0.2, 0.25) is 0 Å². The number of benzene rings is 2. The summed E-state index contributed by atoms with van der Waals surface area (Å²) in [4.78, 5) is 24.2. The van der Waals surface area contributed by atoms with Gasteiger partial charge in [0.1, 0.15) is 5.75 Å². The Morgan fingerprint density at radius 3 is 2.44 bits per heavy atom. The standard InChI is InChI=1S/C21H27N3O3/c1-4-15(3)23-21(26)16-9-11-17(12-10-16)22-14-20(25)24-18-7-6-8-19(13-18)27-5-2/h6-13,15,22H,4-5,14H2,1-3H3,(H,23,26)(H,24,25). The predicted octanol–water partition coefficient (Wildman–Crippen LogP) is 3.66. The fourth-order valence-electron chi connectivity index (χ4n) is 2.37. The fraction of sp³-hybridized carbons (Fsp3) is 0.333. The van der Waals surface area contributed by atoms with Crippen LogP contribution in [-0.2, 0) is 4.79 Å². The van der Waals surface area contributed by atoms with E-state index in [-0.39, 0.29) is 24.4 Å². The zero-order valence-electron chi connectivity index (χ0n) is 16.0. The molecule has 0 saturated carbocycles. The van der Waals surface area contributed by atoms with Gasteiger partial charge in [-0.1, -0.05) is 13.0 Å². The summed E-state index contributed by atoms with van der Waals surface area (Å²) in [7, 11) is 0. The van der Waals surface area contributed by atoms with Crippen LogP contribution in [0.4, 0.5) is 11.4 Å². The van der Waals surface area contributed by atoms with Crippen LogP contribution in [0.25, 0.3) is 0 Å². The molecule has 0 bridgehead atoms. The molecule has 0 aliphatic heterocycles. The average molecular weight is 369 g/mol. The molecule has 2 amide bonds. The van der Waals surface area contributed by atoms with E-state index < -0.39 is 0 Å². The van der Waals surface area contributed by atoms with Crippen molar-refractivity contribution in [3.8, 4) is 5.75 Å². The lowest BCUT2D eigenvalue weighted by atomic mass is 10.1. The van der Waals surface area contributed by atoms with E-state index in [1.165, 1.54) is 0 Å². The molecule has 2 aromatic rings. The largest absolute Gasteiger partial charge is 0.494 e. The Balaban J connectivity index is 1.84. The second-order valence-corrected chi connectivity index (χ2v) is 6.22. The van der Waals surface area contributed by atoms with Gasteiger partial charge in [-0.2, -0.15) is 0 Å². The van der Waals surface area contributed by atoms with Crippen molar-refractivity contribution in [3.63, 3.8) is 0 Å². The summed E-state index contributed by atoms with van der Waals surface area (Å²) >= 11 is 0. The molecule has 0 spiro atoms. The highest BCUT2D eigenvalue weighted by Crippen LogP contribution is 2.17. The number of carbonyl (C=O) groups is 2. The van der Waals surface area contributed by atoms with Gasteiger partial charge in [0.25, 0.3) is 5.91 Å². The summed E-state index contributed by atoms with van der Waals surface area (Å²) in [5.41, 5.74) is 2.05. The predicted molar refractivity (Wildman–Crippen MR) is 108 cm³/mol. The van der Waals surface area contributed by atoms with Gasteiger partial charge in [-0.15, -0.1) is 0 Å². The highest BCUT2D eigenvalue weighted by Gasteiger charge is 2.08. The zero-order chi connectivity index (χ0) is 19.6. The van der Waals surface area contributed by atoms with Crippen LogP contribution >= 0.6 is 0 Å². The molecule has 0 saturated heterocycles. The Kier molecular flexibility index (Phi) is 7.67. The molecule has 1 atom stereocenters.